The Balaban J connectivity index is 3.08. The van der Waals surface area contributed by atoms with Crippen molar-refractivity contribution in [3.63, 3.8) is 0 Å². The number of nitrogens with zero attached hydrogens (tertiary/aromatic N) is 1. The maximum absolute atomic E-state index is 10.8. The van der Waals surface area contributed by atoms with E-state index in [1.165, 1.54) is 0 Å². The minimum absolute atomic E-state index is 0.359. The number of rotatable bonds is 1. The number of hydrogen-bond donors (Lipinski definition) is 1. The molecule has 1 fully saturated rings. The molecule has 3 nitrogen and oxygen atoms in total. The van der Waals surface area contributed by atoms with E-state index in [-0.39, 0.29) is 11.2 Å². The Morgan fingerprint density at radius 1 is 1.42 bits per heavy atom. The minimum atomic E-state index is -0.361. The van der Waals surface area contributed by atoms with Crippen molar-refractivity contribution in [1.82, 2.24) is 10.2 Å². The summed E-state index contributed by atoms with van der Waals surface area (Å²) in [4.78, 5) is 13.2. The van der Waals surface area contributed by atoms with Crippen LogP contribution in [0.5, 0.6) is 0 Å². The summed E-state index contributed by atoms with van der Waals surface area (Å²) in [6, 6.07) is 0. The van der Waals surface area contributed by atoms with Crippen LogP contribution in [0.25, 0.3) is 0 Å². The van der Waals surface area contributed by atoms with Gasteiger partial charge in [0.1, 0.15) is 10.7 Å². The van der Waals surface area contributed by atoms with Crippen molar-refractivity contribution in [3.05, 3.63) is 0 Å². The van der Waals surface area contributed by atoms with Crippen molar-refractivity contribution < 1.29 is 4.79 Å². The number of thiocarbonyl (C=S) groups is 1. The molecule has 1 N–H and O–H groups in total. The number of hydrogen-bond acceptors (Lipinski definition) is 2. The molecule has 1 amide bonds. The van der Waals surface area contributed by atoms with Crippen LogP contribution in [0.4, 0.5) is 0 Å². The highest BCUT2D eigenvalue weighted by Crippen LogP contribution is 2.29. The van der Waals surface area contributed by atoms with Crippen LogP contribution in [-0.4, -0.2) is 27.5 Å². The zero-order valence-corrected chi connectivity index (χ0v) is 8.66. The molecular formula is C8H14N2OS. The van der Waals surface area contributed by atoms with E-state index >= 15 is 0 Å². The van der Waals surface area contributed by atoms with Crippen LogP contribution < -0.4 is 5.32 Å². The van der Waals surface area contributed by atoms with Gasteiger partial charge in [0.2, 0.25) is 6.41 Å². The fourth-order valence-corrected chi connectivity index (χ4v) is 1.91. The molecule has 1 heterocycles. The van der Waals surface area contributed by atoms with Crippen LogP contribution in [0, 0.1) is 0 Å². The van der Waals surface area contributed by atoms with Crippen LogP contribution in [0.1, 0.15) is 27.7 Å². The summed E-state index contributed by atoms with van der Waals surface area (Å²) >= 11 is 5.14. The molecule has 4 heteroatoms. The molecule has 0 unspecified atom stereocenters. The second kappa shape index (κ2) is 2.42. The lowest BCUT2D eigenvalue weighted by Gasteiger charge is -2.34. The SMILES string of the molecule is CC1(C)NC(=S)C(C)(C)N1C=O. The Bertz CT molecular complexity index is 235. The average molecular weight is 186 g/mol. The Kier molecular flexibility index (Phi) is 1.91. The first-order valence-corrected chi connectivity index (χ1v) is 4.30. The standard InChI is InChI=1S/C8H14N2OS/c1-7(2)6(12)9-8(3,4)10(7)5-11/h5H,1-4H3,(H,9,12). The van der Waals surface area contributed by atoms with Crippen molar-refractivity contribution in [2.45, 2.75) is 38.9 Å². The Morgan fingerprint density at radius 3 is 2.08 bits per heavy atom. The largest absolute Gasteiger partial charge is 0.356 e. The lowest BCUT2D eigenvalue weighted by atomic mass is 10.1. The van der Waals surface area contributed by atoms with Gasteiger partial charge in [-0.2, -0.15) is 0 Å². The Labute approximate surface area is 78.1 Å². The predicted molar refractivity (Wildman–Crippen MR) is 51.8 cm³/mol. The van der Waals surface area contributed by atoms with Gasteiger partial charge in [-0.3, -0.25) is 4.79 Å². The fraction of sp³-hybridized carbons (Fsp3) is 0.750. The van der Waals surface area contributed by atoms with Crippen molar-refractivity contribution in [1.29, 1.82) is 0 Å². The lowest BCUT2D eigenvalue weighted by Crippen LogP contribution is -2.50. The second-order valence-electron chi connectivity index (χ2n) is 4.05. The summed E-state index contributed by atoms with van der Waals surface area (Å²) in [5.74, 6) is 0. The quantitative estimate of drug-likeness (QED) is 0.487. The fourth-order valence-electron chi connectivity index (χ4n) is 1.56. The van der Waals surface area contributed by atoms with Crippen molar-refractivity contribution >= 4 is 23.6 Å². The van der Waals surface area contributed by atoms with Gasteiger partial charge in [0, 0.05) is 0 Å². The number of carbonyl (C=O) groups excluding carboxylic acids is 1. The van der Waals surface area contributed by atoms with E-state index in [1.807, 2.05) is 27.7 Å². The van der Waals surface area contributed by atoms with Gasteiger partial charge in [0.15, 0.2) is 0 Å². The molecule has 12 heavy (non-hydrogen) atoms. The predicted octanol–water partition coefficient (Wildman–Crippen LogP) is 0.890. The van der Waals surface area contributed by atoms with Gasteiger partial charge in [-0.1, -0.05) is 12.2 Å². The van der Waals surface area contributed by atoms with Gasteiger partial charge in [-0.15, -0.1) is 0 Å². The molecule has 1 saturated heterocycles. The smallest absolute Gasteiger partial charge is 0.212 e. The van der Waals surface area contributed by atoms with Gasteiger partial charge in [-0.25, -0.2) is 0 Å². The molecule has 1 aliphatic heterocycles. The van der Waals surface area contributed by atoms with E-state index in [0.717, 1.165) is 11.4 Å². The molecule has 0 radical (unpaired) electrons. The van der Waals surface area contributed by atoms with E-state index in [0.29, 0.717) is 0 Å². The summed E-state index contributed by atoms with van der Waals surface area (Å²) in [5.41, 5.74) is -0.719. The zero-order chi connectivity index (χ0) is 9.57. The molecule has 0 aromatic heterocycles. The Hall–Kier alpha value is -0.640. The molecule has 0 spiro atoms. The number of amides is 1. The van der Waals surface area contributed by atoms with Gasteiger partial charge in [-0.05, 0) is 27.7 Å². The third kappa shape index (κ3) is 1.10. The number of nitrogens with one attached hydrogen (secondary N) is 1. The lowest BCUT2D eigenvalue weighted by molar-refractivity contribution is -0.125. The molecule has 1 aliphatic rings. The molecule has 0 saturated carbocycles. The van der Waals surface area contributed by atoms with E-state index < -0.39 is 0 Å². The monoisotopic (exact) mass is 186 g/mol. The van der Waals surface area contributed by atoms with Crippen molar-refractivity contribution in [3.8, 4) is 0 Å². The highest BCUT2D eigenvalue weighted by molar-refractivity contribution is 7.80. The van der Waals surface area contributed by atoms with E-state index in [9.17, 15) is 4.79 Å². The van der Waals surface area contributed by atoms with Gasteiger partial charge < -0.3 is 10.2 Å². The molecule has 0 bridgehead atoms. The summed E-state index contributed by atoms with van der Waals surface area (Å²) in [6.45, 7) is 7.74. The van der Waals surface area contributed by atoms with Crippen LogP contribution >= 0.6 is 12.2 Å². The zero-order valence-electron chi connectivity index (χ0n) is 7.84. The minimum Gasteiger partial charge on any atom is -0.356 e. The maximum Gasteiger partial charge on any atom is 0.212 e. The molecule has 1 rings (SSSR count). The first-order valence-electron chi connectivity index (χ1n) is 3.90. The van der Waals surface area contributed by atoms with Gasteiger partial charge >= 0.3 is 0 Å². The third-order valence-electron chi connectivity index (χ3n) is 2.29. The number of carbonyl (C=O) groups is 1. The first kappa shape index (κ1) is 9.45. The van der Waals surface area contributed by atoms with Gasteiger partial charge in [0.05, 0.1) is 5.54 Å². The highest BCUT2D eigenvalue weighted by atomic mass is 32.1. The molecular weight excluding hydrogens is 172 g/mol. The van der Waals surface area contributed by atoms with Crippen LogP contribution in [0.15, 0.2) is 0 Å². The second-order valence-corrected chi connectivity index (χ2v) is 4.46. The molecule has 0 aromatic rings. The topological polar surface area (TPSA) is 32.3 Å². The van der Waals surface area contributed by atoms with Crippen LogP contribution in [-0.2, 0) is 4.79 Å². The van der Waals surface area contributed by atoms with Gasteiger partial charge in [0.25, 0.3) is 0 Å². The summed E-state index contributed by atoms with van der Waals surface area (Å²) in [6.07, 6.45) is 0.840. The van der Waals surface area contributed by atoms with E-state index in [4.69, 9.17) is 12.2 Å². The Morgan fingerprint density at radius 2 is 1.92 bits per heavy atom. The highest BCUT2D eigenvalue weighted by Gasteiger charge is 2.47. The molecule has 0 aromatic carbocycles. The molecule has 0 aliphatic carbocycles. The summed E-state index contributed by atoms with van der Waals surface area (Å²) < 4.78 is 0. The summed E-state index contributed by atoms with van der Waals surface area (Å²) in [5, 5.41) is 3.11. The van der Waals surface area contributed by atoms with Crippen molar-refractivity contribution in [2.24, 2.45) is 0 Å². The average Bonchev–Trinajstić information content (AvgIpc) is 1.99. The molecule has 68 valence electrons. The summed E-state index contributed by atoms with van der Waals surface area (Å²) in [7, 11) is 0. The van der Waals surface area contributed by atoms with Crippen LogP contribution in [0.2, 0.25) is 0 Å². The normalized spacial score (nSPS) is 25.3. The van der Waals surface area contributed by atoms with E-state index in [2.05, 4.69) is 5.32 Å². The molecule has 0 atom stereocenters. The third-order valence-corrected chi connectivity index (χ3v) is 2.89. The van der Waals surface area contributed by atoms with Crippen LogP contribution in [0.3, 0.4) is 0 Å². The van der Waals surface area contributed by atoms with Crippen molar-refractivity contribution in [2.75, 3.05) is 0 Å². The van der Waals surface area contributed by atoms with E-state index in [1.54, 1.807) is 4.90 Å². The first-order chi connectivity index (χ1) is 5.32. The maximum atomic E-state index is 10.8.